The molecule has 0 heterocycles. The fraction of sp³-hybridized carbons (Fsp3) is 0.263. The van der Waals surface area contributed by atoms with E-state index >= 15 is 0 Å². The minimum Gasteiger partial charge on any atom is -0.366 e. The normalized spacial score (nSPS) is 15.4. The molecule has 0 radical (unpaired) electrons. The number of benzene rings is 2. The van der Waals surface area contributed by atoms with Gasteiger partial charge in [0.25, 0.3) is 0 Å². The van der Waals surface area contributed by atoms with Crippen LogP contribution in [0.2, 0.25) is 5.02 Å². The first kappa shape index (κ1) is 16.5. The van der Waals surface area contributed by atoms with Crippen LogP contribution in [0.3, 0.4) is 0 Å². The number of nitrogens with one attached hydrogen (secondary N) is 1. The van der Waals surface area contributed by atoms with Crippen LogP contribution in [-0.2, 0) is 16.8 Å². The molecular formula is C19H19ClN2O2. The monoisotopic (exact) mass is 342 g/mol. The number of primary amides is 1. The van der Waals surface area contributed by atoms with E-state index in [1.165, 1.54) is 0 Å². The van der Waals surface area contributed by atoms with Crippen molar-refractivity contribution in [1.82, 2.24) is 5.32 Å². The smallest absolute Gasteiger partial charge is 0.248 e. The SMILES string of the molecule is NC(=O)c1ccc(CNC(=O)C2(c3cccc(Cl)c3)CCC2)cc1. The van der Waals surface area contributed by atoms with Crippen molar-refractivity contribution in [2.45, 2.75) is 31.2 Å². The van der Waals surface area contributed by atoms with Crippen molar-refractivity contribution in [3.8, 4) is 0 Å². The maximum atomic E-state index is 12.8. The molecule has 0 unspecified atom stereocenters. The largest absolute Gasteiger partial charge is 0.366 e. The number of rotatable bonds is 5. The van der Waals surface area contributed by atoms with Crippen LogP contribution in [0.5, 0.6) is 0 Å². The molecule has 2 amide bonds. The number of nitrogens with two attached hydrogens (primary N) is 1. The van der Waals surface area contributed by atoms with Gasteiger partial charge >= 0.3 is 0 Å². The molecule has 124 valence electrons. The Kier molecular flexibility index (Phi) is 4.58. The molecule has 0 saturated heterocycles. The highest BCUT2D eigenvalue weighted by Gasteiger charge is 2.45. The van der Waals surface area contributed by atoms with E-state index in [0.717, 1.165) is 30.4 Å². The predicted octanol–water partition coefficient (Wildman–Crippen LogP) is 3.18. The summed E-state index contributed by atoms with van der Waals surface area (Å²) >= 11 is 6.08. The zero-order chi connectivity index (χ0) is 17.2. The molecule has 3 rings (SSSR count). The fourth-order valence-corrected chi connectivity index (χ4v) is 3.29. The highest BCUT2D eigenvalue weighted by molar-refractivity contribution is 6.30. The van der Waals surface area contributed by atoms with Gasteiger partial charge in [0.15, 0.2) is 0 Å². The van der Waals surface area contributed by atoms with Gasteiger partial charge in [-0.3, -0.25) is 9.59 Å². The molecule has 1 saturated carbocycles. The third-order valence-electron chi connectivity index (χ3n) is 4.71. The first-order chi connectivity index (χ1) is 11.5. The lowest BCUT2D eigenvalue weighted by Gasteiger charge is -2.40. The molecule has 1 aliphatic carbocycles. The van der Waals surface area contributed by atoms with Crippen LogP contribution in [0.1, 0.15) is 40.7 Å². The zero-order valence-corrected chi connectivity index (χ0v) is 14.0. The number of halogens is 1. The molecule has 5 heteroatoms. The lowest BCUT2D eigenvalue weighted by atomic mass is 9.64. The molecule has 1 aliphatic rings. The van der Waals surface area contributed by atoms with E-state index in [-0.39, 0.29) is 5.91 Å². The van der Waals surface area contributed by atoms with E-state index < -0.39 is 11.3 Å². The van der Waals surface area contributed by atoms with Crippen molar-refractivity contribution < 1.29 is 9.59 Å². The van der Waals surface area contributed by atoms with Crippen molar-refractivity contribution in [3.05, 3.63) is 70.2 Å². The number of carbonyl (C=O) groups is 2. The summed E-state index contributed by atoms with van der Waals surface area (Å²) < 4.78 is 0. The zero-order valence-electron chi connectivity index (χ0n) is 13.2. The van der Waals surface area contributed by atoms with Gasteiger partial charge in [-0.15, -0.1) is 0 Å². The number of amides is 2. The summed E-state index contributed by atoms with van der Waals surface area (Å²) in [5.41, 5.74) is 7.11. The average molecular weight is 343 g/mol. The fourth-order valence-electron chi connectivity index (χ4n) is 3.10. The summed E-state index contributed by atoms with van der Waals surface area (Å²) in [7, 11) is 0. The number of hydrogen-bond donors (Lipinski definition) is 2. The summed E-state index contributed by atoms with van der Waals surface area (Å²) in [5, 5.41) is 3.66. The Balaban J connectivity index is 1.70. The Labute approximate surface area is 146 Å². The first-order valence-electron chi connectivity index (χ1n) is 7.94. The van der Waals surface area contributed by atoms with Gasteiger partial charge in [-0.25, -0.2) is 0 Å². The summed E-state index contributed by atoms with van der Waals surface area (Å²) in [4.78, 5) is 23.9. The molecule has 0 bridgehead atoms. The Morgan fingerprint density at radius 1 is 1.12 bits per heavy atom. The van der Waals surface area contributed by atoms with Gasteiger partial charge in [0.1, 0.15) is 0 Å². The molecule has 0 spiro atoms. The standard InChI is InChI=1S/C19H19ClN2O2/c20-16-4-1-3-15(11-16)19(9-2-10-19)18(24)22-12-13-5-7-14(8-6-13)17(21)23/h1,3-8,11H,2,9-10,12H2,(H2,21,23)(H,22,24). The molecule has 4 nitrogen and oxygen atoms in total. The minimum atomic E-state index is -0.474. The maximum absolute atomic E-state index is 12.8. The van der Waals surface area contributed by atoms with E-state index in [4.69, 9.17) is 17.3 Å². The van der Waals surface area contributed by atoms with Crippen molar-refractivity contribution in [2.75, 3.05) is 0 Å². The summed E-state index contributed by atoms with van der Waals surface area (Å²) in [5.74, 6) is -0.435. The molecule has 0 aromatic heterocycles. The molecule has 24 heavy (non-hydrogen) atoms. The van der Waals surface area contributed by atoms with Gasteiger partial charge in [-0.1, -0.05) is 42.3 Å². The second kappa shape index (κ2) is 6.65. The van der Waals surface area contributed by atoms with Crippen molar-refractivity contribution >= 4 is 23.4 Å². The van der Waals surface area contributed by atoms with E-state index in [2.05, 4.69) is 5.32 Å². The van der Waals surface area contributed by atoms with Gasteiger partial charge in [0.2, 0.25) is 11.8 Å². The van der Waals surface area contributed by atoms with Crippen LogP contribution in [-0.4, -0.2) is 11.8 Å². The summed E-state index contributed by atoms with van der Waals surface area (Å²) in [6, 6.07) is 14.5. The van der Waals surface area contributed by atoms with Crippen LogP contribution < -0.4 is 11.1 Å². The van der Waals surface area contributed by atoms with E-state index in [1.807, 2.05) is 24.3 Å². The lowest BCUT2D eigenvalue weighted by Crippen LogP contribution is -2.49. The van der Waals surface area contributed by atoms with E-state index in [1.54, 1.807) is 24.3 Å². The first-order valence-corrected chi connectivity index (χ1v) is 8.32. The minimum absolute atomic E-state index is 0.0231. The Bertz CT molecular complexity index is 767. The average Bonchev–Trinajstić information content (AvgIpc) is 2.52. The molecule has 2 aromatic rings. The molecule has 0 aliphatic heterocycles. The Hall–Kier alpha value is -2.33. The second-order valence-electron chi connectivity index (χ2n) is 6.19. The lowest BCUT2D eigenvalue weighted by molar-refractivity contribution is -0.130. The maximum Gasteiger partial charge on any atom is 0.248 e. The van der Waals surface area contributed by atoms with Crippen molar-refractivity contribution in [3.63, 3.8) is 0 Å². The summed E-state index contributed by atoms with van der Waals surface area (Å²) in [6.07, 6.45) is 2.70. The Morgan fingerprint density at radius 3 is 2.38 bits per heavy atom. The van der Waals surface area contributed by atoms with Crippen LogP contribution >= 0.6 is 11.6 Å². The molecule has 1 fully saturated rings. The highest BCUT2D eigenvalue weighted by Crippen LogP contribution is 2.44. The van der Waals surface area contributed by atoms with E-state index in [9.17, 15) is 9.59 Å². The van der Waals surface area contributed by atoms with Crippen LogP contribution in [0, 0.1) is 0 Å². The van der Waals surface area contributed by atoms with E-state index in [0.29, 0.717) is 17.1 Å². The van der Waals surface area contributed by atoms with Gasteiger partial charge in [-0.05, 0) is 48.2 Å². The van der Waals surface area contributed by atoms with Gasteiger partial charge in [-0.2, -0.15) is 0 Å². The number of hydrogen-bond acceptors (Lipinski definition) is 2. The van der Waals surface area contributed by atoms with Crippen molar-refractivity contribution in [2.24, 2.45) is 5.73 Å². The Morgan fingerprint density at radius 2 is 1.83 bits per heavy atom. The van der Waals surface area contributed by atoms with Crippen molar-refractivity contribution in [1.29, 1.82) is 0 Å². The van der Waals surface area contributed by atoms with Crippen LogP contribution in [0.25, 0.3) is 0 Å². The quantitative estimate of drug-likeness (QED) is 0.876. The third-order valence-corrected chi connectivity index (χ3v) is 4.95. The van der Waals surface area contributed by atoms with Gasteiger partial charge < -0.3 is 11.1 Å². The highest BCUT2D eigenvalue weighted by atomic mass is 35.5. The third kappa shape index (κ3) is 3.15. The molecule has 3 N–H and O–H groups in total. The predicted molar refractivity (Wildman–Crippen MR) is 93.8 cm³/mol. The topological polar surface area (TPSA) is 72.2 Å². The van der Waals surface area contributed by atoms with Crippen LogP contribution in [0.4, 0.5) is 0 Å². The molecule has 0 atom stereocenters. The second-order valence-corrected chi connectivity index (χ2v) is 6.63. The van der Waals surface area contributed by atoms with Crippen LogP contribution in [0.15, 0.2) is 48.5 Å². The molecule has 2 aromatic carbocycles. The molecular weight excluding hydrogens is 324 g/mol. The number of carbonyl (C=O) groups excluding carboxylic acids is 2. The van der Waals surface area contributed by atoms with Gasteiger partial charge in [0.05, 0.1) is 5.41 Å². The summed E-state index contributed by atoms with van der Waals surface area (Å²) in [6.45, 7) is 0.417. The van der Waals surface area contributed by atoms with Gasteiger partial charge in [0, 0.05) is 17.1 Å².